The average Bonchev–Trinajstić information content (AvgIpc) is 2.66. The van der Waals surface area contributed by atoms with Crippen molar-refractivity contribution in [2.45, 2.75) is 64.0 Å². The number of hydrogen-bond acceptors (Lipinski definition) is 7. The van der Waals surface area contributed by atoms with Crippen molar-refractivity contribution in [1.82, 2.24) is 10.6 Å². The molecule has 3 atom stereocenters. The summed E-state index contributed by atoms with van der Waals surface area (Å²) in [4.78, 5) is 46.4. The van der Waals surface area contributed by atoms with E-state index in [0.29, 0.717) is 5.56 Å². The molecule has 1 aromatic carbocycles. The predicted octanol–water partition coefficient (Wildman–Crippen LogP) is 1.48. The van der Waals surface area contributed by atoms with Gasteiger partial charge in [0.15, 0.2) is 6.04 Å². The van der Waals surface area contributed by atoms with Crippen LogP contribution in [-0.4, -0.2) is 63.2 Å². The zero-order valence-electron chi connectivity index (χ0n) is 17.5. The Bertz CT molecular complexity index is 762. The summed E-state index contributed by atoms with van der Waals surface area (Å²) in [5.41, 5.74) is -0.172. The summed E-state index contributed by atoms with van der Waals surface area (Å²) < 4.78 is 9.91. The van der Waals surface area contributed by atoms with Gasteiger partial charge in [0, 0.05) is 0 Å². The van der Waals surface area contributed by atoms with Crippen molar-refractivity contribution in [2.75, 3.05) is 0 Å². The number of benzene rings is 1. The topological polar surface area (TPSA) is 171 Å². The average molecular weight is 440 g/mol. The molecule has 2 amide bonds. The SMILES string of the molecule is CC(C)(C)OC(=O)N[C@H](C(=O)O)[C@@H](O)CC[C@@H](NC(=O)OCc1ccccc1)C(=O)O. The zero-order chi connectivity index (χ0) is 23.6. The van der Waals surface area contributed by atoms with Crippen molar-refractivity contribution >= 4 is 24.1 Å². The van der Waals surface area contributed by atoms with E-state index in [9.17, 15) is 34.5 Å². The van der Waals surface area contributed by atoms with Gasteiger partial charge in [-0.25, -0.2) is 19.2 Å². The number of ether oxygens (including phenoxy) is 2. The zero-order valence-corrected chi connectivity index (χ0v) is 17.5. The molecular weight excluding hydrogens is 412 g/mol. The van der Waals surface area contributed by atoms with Crippen LogP contribution in [0.15, 0.2) is 30.3 Å². The Morgan fingerprint density at radius 2 is 1.55 bits per heavy atom. The van der Waals surface area contributed by atoms with Crippen molar-refractivity contribution in [2.24, 2.45) is 0 Å². The van der Waals surface area contributed by atoms with Gasteiger partial charge < -0.3 is 35.4 Å². The second kappa shape index (κ2) is 11.7. The molecular formula is C20H28N2O9. The van der Waals surface area contributed by atoms with Gasteiger partial charge in [-0.05, 0) is 39.2 Å². The number of carboxylic acids is 2. The first-order valence-electron chi connectivity index (χ1n) is 9.49. The van der Waals surface area contributed by atoms with E-state index in [4.69, 9.17) is 9.47 Å². The van der Waals surface area contributed by atoms with E-state index >= 15 is 0 Å². The molecule has 0 heterocycles. The molecule has 31 heavy (non-hydrogen) atoms. The summed E-state index contributed by atoms with van der Waals surface area (Å²) in [6, 6.07) is 5.58. The highest BCUT2D eigenvalue weighted by atomic mass is 16.6. The molecule has 172 valence electrons. The minimum atomic E-state index is -1.73. The van der Waals surface area contributed by atoms with Gasteiger partial charge >= 0.3 is 24.1 Å². The van der Waals surface area contributed by atoms with E-state index in [0.717, 1.165) is 0 Å². The van der Waals surface area contributed by atoms with Gasteiger partial charge in [0.25, 0.3) is 0 Å². The third-order valence-corrected chi connectivity index (χ3v) is 3.88. The summed E-state index contributed by atoms with van der Waals surface area (Å²) in [6.45, 7) is 4.68. The maximum Gasteiger partial charge on any atom is 0.408 e. The molecule has 0 spiro atoms. The van der Waals surface area contributed by atoms with Crippen LogP contribution in [0.5, 0.6) is 0 Å². The number of hydrogen-bond donors (Lipinski definition) is 5. The van der Waals surface area contributed by atoms with E-state index < -0.39 is 47.9 Å². The third kappa shape index (κ3) is 10.3. The highest BCUT2D eigenvalue weighted by Gasteiger charge is 2.32. The summed E-state index contributed by atoms with van der Waals surface area (Å²) in [5.74, 6) is -2.92. The quantitative estimate of drug-likeness (QED) is 0.361. The third-order valence-electron chi connectivity index (χ3n) is 3.88. The van der Waals surface area contributed by atoms with E-state index in [1.807, 2.05) is 5.32 Å². The van der Waals surface area contributed by atoms with Gasteiger partial charge in [0.1, 0.15) is 18.2 Å². The Kier molecular flexibility index (Phi) is 9.74. The molecule has 0 unspecified atom stereocenters. The standard InChI is InChI=1S/C20H28N2O9/c1-20(2,3)31-19(29)22-15(17(26)27)14(23)10-9-13(16(24)25)21-18(28)30-11-12-7-5-4-6-8-12/h4-8,13-15,23H,9-11H2,1-3H3,(H,21,28)(H,22,29)(H,24,25)(H,26,27)/t13-,14+,15+/m1/s1. The van der Waals surface area contributed by atoms with Crippen LogP contribution in [0.4, 0.5) is 9.59 Å². The van der Waals surface area contributed by atoms with Crippen LogP contribution in [0.3, 0.4) is 0 Å². The second-order valence-corrected chi connectivity index (χ2v) is 7.70. The van der Waals surface area contributed by atoms with Gasteiger partial charge in [-0.15, -0.1) is 0 Å². The molecule has 0 bridgehead atoms. The fourth-order valence-electron chi connectivity index (χ4n) is 2.43. The van der Waals surface area contributed by atoms with Crippen LogP contribution in [0.25, 0.3) is 0 Å². The van der Waals surface area contributed by atoms with Crippen molar-refractivity contribution < 1.29 is 44.0 Å². The maximum atomic E-state index is 11.9. The molecule has 11 heteroatoms. The van der Waals surface area contributed by atoms with Gasteiger partial charge in [0.05, 0.1) is 6.10 Å². The van der Waals surface area contributed by atoms with Gasteiger partial charge in [-0.3, -0.25) is 0 Å². The molecule has 0 aromatic heterocycles. The van der Waals surface area contributed by atoms with Crippen LogP contribution in [0.1, 0.15) is 39.2 Å². The lowest BCUT2D eigenvalue weighted by Gasteiger charge is -2.25. The van der Waals surface area contributed by atoms with Crippen molar-refractivity contribution in [3.05, 3.63) is 35.9 Å². The molecule has 0 aliphatic rings. The Morgan fingerprint density at radius 3 is 2.06 bits per heavy atom. The van der Waals surface area contributed by atoms with Crippen molar-refractivity contribution in [1.29, 1.82) is 0 Å². The largest absolute Gasteiger partial charge is 0.480 e. The number of carbonyl (C=O) groups excluding carboxylic acids is 2. The number of aliphatic hydroxyl groups is 1. The molecule has 0 radical (unpaired) electrons. The highest BCUT2D eigenvalue weighted by Crippen LogP contribution is 2.11. The lowest BCUT2D eigenvalue weighted by atomic mass is 10.0. The molecule has 5 N–H and O–H groups in total. The summed E-state index contributed by atoms with van der Waals surface area (Å²) in [7, 11) is 0. The van der Waals surface area contributed by atoms with E-state index in [-0.39, 0.29) is 19.4 Å². The van der Waals surface area contributed by atoms with Crippen molar-refractivity contribution in [3.8, 4) is 0 Å². The van der Waals surface area contributed by atoms with Crippen LogP contribution in [0.2, 0.25) is 0 Å². The highest BCUT2D eigenvalue weighted by molar-refractivity contribution is 5.81. The molecule has 1 aromatic rings. The molecule has 11 nitrogen and oxygen atoms in total. The Balaban J connectivity index is 2.60. The number of aliphatic hydroxyl groups excluding tert-OH is 1. The first-order valence-corrected chi connectivity index (χ1v) is 9.49. The van der Waals surface area contributed by atoms with E-state index in [1.54, 1.807) is 51.1 Å². The maximum absolute atomic E-state index is 11.9. The monoisotopic (exact) mass is 440 g/mol. The number of rotatable bonds is 10. The number of carboxylic acid groups (broad SMARTS) is 2. The predicted molar refractivity (Wildman–Crippen MR) is 107 cm³/mol. The molecule has 1 rings (SSSR count). The van der Waals surface area contributed by atoms with Gasteiger partial charge in [0.2, 0.25) is 0 Å². The number of aliphatic carboxylic acids is 2. The van der Waals surface area contributed by atoms with E-state index in [2.05, 4.69) is 5.32 Å². The smallest absolute Gasteiger partial charge is 0.408 e. The van der Waals surface area contributed by atoms with Crippen LogP contribution >= 0.6 is 0 Å². The summed E-state index contributed by atoms with van der Waals surface area (Å²) >= 11 is 0. The van der Waals surface area contributed by atoms with Gasteiger partial charge in [-0.2, -0.15) is 0 Å². The molecule has 0 fully saturated rings. The Hall–Kier alpha value is -3.34. The first-order chi connectivity index (χ1) is 14.4. The number of carbonyl (C=O) groups is 4. The number of amides is 2. The summed E-state index contributed by atoms with van der Waals surface area (Å²) in [6.07, 6.45) is -4.31. The van der Waals surface area contributed by atoms with Gasteiger partial charge in [-0.1, -0.05) is 30.3 Å². The first kappa shape index (κ1) is 25.7. The Labute approximate surface area is 179 Å². The molecule has 0 saturated carbocycles. The number of alkyl carbamates (subject to hydrolysis) is 2. The van der Waals surface area contributed by atoms with Crippen LogP contribution in [0, 0.1) is 0 Å². The minimum Gasteiger partial charge on any atom is -0.480 e. The lowest BCUT2D eigenvalue weighted by molar-refractivity contribution is -0.142. The van der Waals surface area contributed by atoms with Crippen LogP contribution < -0.4 is 10.6 Å². The molecule has 0 saturated heterocycles. The minimum absolute atomic E-state index is 0.0669. The van der Waals surface area contributed by atoms with E-state index in [1.165, 1.54) is 0 Å². The molecule has 0 aliphatic carbocycles. The second-order valence-electron chi connectivity index (χ2n) is 7.70. The normalized spacial score (nSPS) is 13.9. The Morgan fingerprint density at radius 1 is 0.935 bits per heavy atom. The van der Waals surface area contributed by atoms with Crippen LogP contribution in [-0.2, 0) is 25.7 Å². The number of nitrogens with one attached hydrogen (secondary N) is 2. The fourth-order valence-corrected chi connectivity index (χ4v) is 2.43. The summed E-state index contributed by atoms with van der Waals surface area (Å²) in [5, 5.41) is 32.9. The van der Waals surface area contributed by atoms with Crippen molar-refractivity contribution in [3.63, 3.8) is 0 Å². The lowest BCUT2D eigenvalue weighted by Crippen LogP contribution is -2.51. The fraction of sp³-hybridized carbons (Fsp3) is 0.500. The molecule has 0 aliphatic heterocycles.